The number of pyridine rings is 2. The number of piperazine rings is 1. The Bertz CT molecular complexity index is 1310. The largest absolute Gasteiger partial charge is 0.507 e. The Balaban J connectivity index is 1.59. The molecule has 1 saturated heterocycles. The van der Waals surface area contributed by atoms with Crippen LogP contribution in [-0.2, 0) is 7.05 Å². The molecule has 1 fully saturated rings. The minimum absolute atomic E-state index is 0.185. The molecule has 1 aromatic carbocycles. The van der Waals surface area contributed by atoms with Crippen LogP contribution in [0.25, 0.3) is 33.2 Å². The lowest BCUT2D eigenvalue weighted by Gasteiger charge is -2.37. The maximum Gasteiger partial charge on any atom is 0.161 e. The van der Waals surface area contributed by atoms with Gasteiger partial charge in [-0.25, -0.2) is 9.97 Å². The minimum atomic E-state index is 0.185. The molecule has 4 aromatic rings. The highest BCUT2D eigenvalue weighted by molar-refractivity contribution is 6.37. The van der Waals surface area contributed by atoms with E-state index in [0.717, 1.165) is 40.6 Å². The third-order valence-corrected chi connectivity index (χ3v) is 6.34. The van der Waals surface area contributed by atoms with Gasteiger partial charge in [0, 0.05) is 60.3 Å². The molecule has 0 radical (unpaired) electrons. The van der Waals surface area contributed by atoms with Gasteiger partial charge in [0.1, 0.15) is 5.75 Å². The van der Waals surface area contributed by atoms with Crippen LogP contribution < -0.4 is 10.2 Å². The number of hydrogen-bond acceptors (Lipinski definition) is 6. The normalized spacial score (nSPS) is 19.5. The Labute approximate surface area is 185 Å². The first-order valence-electron chi connectivity index (χ1n) is 10.4. The molecular formula is C23H25ClN6O. The quantitative estimate of drug-likeness (QED) is 0.493. The first-order chi connectivity index (χ1) is 14.8. The van der Waals surface area contributed by atoms with Gasteiger partial charge in [-0.3, -0.25) is 4.68 Å². The van der Waals surface area contributed by atoms with Gasteiger partial charge in [-0.15, -0.1) is 0 Å². The lowest BCUT2D eigenvalue weighted by atomic mass is 10.0. The molecule has 2 unspecified atom stereocenters. The summed E-state index contributed by atoms with van der Waals surface area (Å²) in [5.41, 5.74) is 4.32. The van der Waals surface area contributed by atoms with Gasteiger partial charge in [0.25, 0.3) is 0 Å². The lowest BCUT2D eigenvalue weighted by Crippen LogP contribution is -2.54. The number of anilines is 1. The molecule has 0 bridgehead atoms. The second kappa shape index (κ2) is 7.35. The summed E-state index contributed by atoms with van der Waals surface area (Å²) < 4.78 is 1.75. The van der Waals surface area contributed by atoms with E-state index in [9.17, 15) is 5.11 Å². The second-order valence-corrected chi connectivity index (χ2v) is 8.92. The Kier molecular flexibility index (Phi) is 4.75. The predicted molar refractivity (Wildman–Crippen MR) is 125 cm³/mol. The molecule has 0 amide bonds. The molecule has 4 heterocycles. The fraction of sp³-hybridized carbons (Fsp3) is 0.348. The van der Waals surface area contributed by atoms with E-state index in [1.165, 1.54) is 0 Å². The molecule has 2 atom stereocenters. The first-order valence-corrected chi connectivity index (χ1v) is 10.8. The number of aromatic hydroxyl groups is 1. The fourth-order valence-corrected chi connectivity index (χ4v) is 4.88. The SMILES string of the molecule is Cc1c(O)c(-c2ccc3c(Cl)c(N4CC(C)NC(C)C4)cnc3n2)cc2cn(C)nc12. The molecule has 1 aliphatic heterocycles. The van der Waals surface area contributed by atoms with Crippen LogP contribution in [-0.4, -0.2) is 50.0 Å². The van der Waals surface area contributed by atoms with E-state index in [1.54, 1.807) is 4.68 Å². The molecule has 0 spiro atoms. The van der Waals surface area contributed by atoms with E-state index in [0.29, 0.717) is 34.0 Å². The van der Waals surface area contributed by atoms with Crippen molar-refractivity contribution in [3.05, 3.63) is 41.2 Å². The summed E-state index contributed by atoms with van der Waals surface area (Å²) in [5, 5.41) is 21.2. The number of nitrogens with zero attached hydrogens (tertiary/aromatic N) is 5. The number of phenols is 1. The van der Waals surface area contributed by atoms with Crippen LogP contribution in [0.1, 0.15) is 19.4 Å². The van der Waals surface area contributed by atoms with E-state index < -0.39 is 0 Å². The highest BCUT2D eigenvalue weighted by Crippen LogP contribution is 2.38. The summed E-state index contributed by atoms with van der Waals surface area (Å²) in [6.07, 6.45) is 3.74. The number of aromatic nitrogens is 4. The average Bonchev–Trinajstić information content (AvgIpc) is 3.10. The maximum atomic E-state index is 10.8. The van der Waals surface area contributed by atoms with Gasteiger partial charge < -0.3 is 15.3 Å². The van der Waals surface area contributed by atoms with Gasteiger partial charge in [0.2, 0.25) is 0 Å². The van der Waals surface area contributed by atoms with Crippen LogP contribution >= 0.6 is 11.6 Å². The number of aryl methyl sites for hydroxylation is 2. The van der Waals surface area contributed by atoms with Crippen molar-refractivity contribution >= 4 is 39.2 Å². The average molecular weight is 437 g/mol. The number of hydrogen-bond donors (Lipinski definition) is 2. The number of nitrogens with one attached hydrogen (secondary N) is 1. The maximum absolute atomic E-state index is 10.8. The Morgan fingerprint density at radius 3 is 2.68 bits per heavy atom. The van der Waals surface area contributed by atoms with E-state index >= 15 is 0 Å². The molecule has 3 aromatic heterocycles. The first kappa shape index (κ1) is 20.0. The summed E-state index contributed by atoms with van der Waals surface area (Å²) in [7, 11) is 1.87. The molecular weight excluding hydrogens is 412 g/mol. The molecule has 5 rings (SSSR count). The Morgan fingerprint density at radius 1 is 1.19 bits per heavy atom. The Hall–Kier alpha value is -2.90. The van der Waals surface area contributed by atoms with E-state index in [2.05, 4.69) is 34.1 Å². The third kappa shape index (κ3) is 3.38. The highest BCUT2D eigenvalue weighted by Gasteiger charge is 2.24. The van der Waals surface area contributed by atoms with Gasteiger partial charge >= 0.3 is 0 Å². The van der Waals surface area contributed by atoms with Crippen molar-refractivity contribution < 1.29 is 5.11 Å². The van der Waals surface area contributed by atoms with Crippen molar-refractivity contribution in [1.29, 1.82) is 0 Å². The molecule has 2 N–H and O–H groups in total. The number of halogens is 1. The van der Waals surface area contributed by atoms with Crippen LogP contribution in [0.15, 0.2) is 30.6 Å². The molecule has 31 heavy (non-hydrogen) atoms. The number of benzene rings is 1. The number of rotatable bonds is 2. The number of phenolic OH excluding ortho intramolecular Hbond substituents is 1. The molecule has 0 aliphatic carbocycles. The molecule has 7 nitrogen and oxygen atoms in total. The van der Waals surface area contributed by atoms with E-state index in [4.69, 9.17) is 16.6 Å². The van der Waals surface area contributed by atoms with Crippen molar-refractivity contribution in [3.8, 4) is 17.0 Å². The van der Waals surface area contributed by atoms with Crippen LogP contribution in [0.2, 0.25) is 5.02 Å². The standard InChI is InChI=1S/C23H25ClN6O/c1-12-9-30(10-13(2)26-12)19-8-25-23-16(20(19)24)5-6-18(27-23)17-7-15-11-29(4)28-21(15)14(3)22(17)31/h5-8,11-13,26,31H,9-10H2,1-4H3. The molecule has 8 heteroatoms. The lowest BCUT2D eigenvalue weighted by molar-refractivity contribution is 0.407. The van der Waals surface area contributed by atoms with Crippen molar-refractivity contribution in [2.24, 2.45) is 7.05 Å². The van der Waals surface area contributed by atoms with Gasteiger partial charge in [-0.05, 0) is 39.0 Å². The second-order valence-electron chi connectivity index (χ2n) is 8.54. The van der Waals surface area contributed by atoms with Crippen molar-refractivity contribution in [1.82, 2.24) is 25.1 Å². The predicted octanol–water partition coefficient (Wildman–Crippen LogP) is 4.04. The van der Waals surface area contributed by atoms with E-state index in [-0.39, 0.29) is 5.75 Å². The van der Waals surface area contributed by atoms with Crippen LogP contribution in [0.5, 0.6) is 5.75 Å². The van der Waals surface area contributed by atoms with Crippen molar-refractivity contribution in [3.63, 3.8) is 0 Å². The van der Waals surface area contributed by atoms with Crippen LogP contribution in [0.4, 0.5) is 5.69 Å². The van der Waals surface area contributed by atoms with E-state index in [1.807, 2.05) is 44.6 Å². The summed E-state index contributed by atoms with van der Waals surface area (Å²) in [5.74, 6) is 0.185. The van der Waals surface area contributed by atoms with Gasteiger partial charge in [0.15, 0.2) is 5.65 Å². The topological polar surface area (TPSA) is 79.1 Å². The monoisotopic (exact) mass is 436 g/mol. The van der Waals surface area contributed by atoms with Crippen LogP contribution in [0.3, 0.4) is 0 Å². The van der Waals surface area contributed by atoms with Gasteiger partial charge in [0.05, 0.1) is 28.1 Å². The third-order valence-electron chi connectivity index (χ3n) is 5.94. The Morgan fingerprint density at radius 2 is 1.94 bits per heavy atom. The summed E-state index contributed by atoms with van der Waals surface area (Å²) in [6, 6.07) is 6.50. The summed E-state index contributed by atoms with van der Waals surface area (Å²) >= 11 is 6.80. The van der Waals surface area contributed by atoms with Gasteiger partial charge in [-0.2, -0.15) is 5.10 Å². The molecule has 160 valence electrons. The molecule has 0 saturated carbocycles. The fourth-order valence-electron chi connectivity index (χ4n) is 4.57. The zero-order valence-corrected chi connectivity index (χ0v) is 18.8. The highest BCUT2D eigenvalue weighted by atomic mass is 35.5. The van der Waals surface area contributed by atoms with Crippen molar-refractivity contribution in [2.45, 2.75) is 32.9 Å². The van der Waals surface area contributed by atoms with Crippen LogP contribution in [0, 0.1) is 6.92 Å². The smallest absolute Gasteiger partial charge is 0.161 e. The van der Waals surface area contributed by atoms with Crippen molar-refractivity contribution in [2.75, 3.05) is 18.0 Å². The van der Waals surface area contributed by atoms with Gasteiger partial charge in [-0.1, -0.05) is 11.6 Å². The summed E-state index contributed by atoms with van der Waals surface area (Å²) in [6.45, 7) is 7.97. The number of fused-ring (bicyclic) bond motifs is 2. The molecule has 1 aliphatic rings. The minimum Gasteiger partial charge on any atom is -0.507 e. The zero-order chi connectivity index (χ0) is 21.9. The zero-order valence-electron chi connectivity index (χ0n) is 18.0. The summed E-state index contributed by atoms with van der Waals surface area (Å²) in [4.78, 5) is 11.6.